The van der Waals surface area contributed by atoms with Crippen molar-refractivity contribution >= 4 is 11.6 Å². The molecule has 46 heavy (non-hydrogen) atoms. The fourth-order valence-corrected chi connectivity index (χ4v) is 9.84. The third-order valence-corrected chi connectivity index (χ3v) is 11.8. The van der Waals surface area contributed by atoms with Crippen LogP contribution in [0.4, 0.5) is 4.39 Å². The Kier molecular flexibility index (Phi) is 7.55. The van der Waals surface area contributed by atoms with Crippen molar-refractivity contribution in [2.75, 3.05) is 13.7 Å². The number of fused-ring (bicyclic) bond motifs is 7. The van der Waals surface area contributed by atoms with Crippen LogP contribution in [0.3, 0.4) is 0 Å². The van der Waals surface area contributed by atoms with Crippen LogP contribution in [-0.4, -0.2) is 53.3 Å². The van der Waals surface area contributed by atoms with Gasteiger partial charge in [-0.25, -0.2) is 4.39 Å². The summed E-state index contributed by atoms with van der Waals surface area (Å²) in [5, 5.41) is 22.2. The molecule has 7 rings (SSSR count). The molecule has 0 unspecified atom stereocenters. The number of rotatable bonds is 7. The van der Waals surface area contributed by atoms with E-state index < -0.39 is 53.1 Å². The van der Waals surface area contributed by atoms with Crippen molar-refractivity contribution in [3.63, 3.8) is 0 Å². The number of ketones is 2. The normalized spacial score (nSPS) is 37.5. The van der Waals surface area contributed by atoms with E-state index in [4.69, 9.17) is 18.9 Å². The SMILES string of the molecule is COc1ccc(OCc2cccc(C)c2)c(F)c1[C@@H]1O[C@@H]2C[C@H]3[C@@H]4CCC5=CC(=O)C=C[C@]5(C)[C@H]4[C@@H](O)C[C@]3(C)[C@]2(C(=O)CO)O1. The molecule has 2 aromatic rings. The number of carbonyl (C=O) groups is 2. The van der Waals surface area contributed by atoms with E-state index in [1.807, 2.05) is 44.2 Å². The Morgan fingerprint density at radius 2 is 1.96 bits per heavy atom. The van der Waals surface area contributed by atoms with E-state index in [0.29, 0.717) is 12.8 Å². The quantitative estimate of drug-likeness (QED) is 0.422. The molecule has 4 fully saturated rings. The first-order valence-electron chi connectivity index (χ1n) is 16.1. The predicted molar refractivity (Wildman–Crippen MR) is 165 cm³/mol. The highest BCUT2D eigenvalue weighted by atomic mass is 19.1. The summed E-state index contributed by atoms with van der Waals surface area (Å²) in [6.45, 7) is 5.36. The Morgan fingerprint density at radius 1 is 1.17 bits per heavy atom. The summed E-state index contributed by atoms with van der Waals surface area (Å²) < 4.78 is 40.8. The topological polar surface area (TPSA) is 112 Å². The van der Waals surface area contributed by atoms with Gasteiger partial charge in [0.2, 0.25) is 0 Å². The van der Waals surface area contributed by atoms with Crippen LogP contribution < -0.4 is 9.47 Å². The van der Waals surface area contributed by atoms with E-state index in [9.17, 15) is 19.8 Å². The predicted octanol–water partition coefficient (Wildman–Crippen LogP) is 5.32. The first-order chi connectivity index (χ1) is 22.0. The van der Waals surface area contributed by atoms with Gasteiger partial charge in [-0.2, -0.15) is 0 Å². The molecule has 0 amide bonds. The molecule has 8 nitrogen and oxygen atoms in total. The van der Waals surface area contributed by atoms with Crippen LogP contribution in [0.5, 0.6) is 11.5 Å². The second-order valence-electron chi connectivity index (χ2n) is 14.1. The first-order valence-corrected chi connectivity index (χ1v) is 16.1. The lowest BCUT2D eigenvalue weighted by atomic mass is 9.46. The van der Waals surface area contributed by atoms with E-state index in [1.165, 1.54) is 13.2 Å². The second-order valence-corrected chi connectivity index (χ2v) is 14.1. The van der Waals surface area contributed by atoms with Gasteiger partial charge < -0.3 is 29.2 Å². The summed E-state index contributed by atoms with van der Waals surface area (Å²) in [6.07, 6.45) is 4.44. The summed E-state index contributed by atoms with van der Waals surface area (Å²) in [4.78, 5) is 26.1. The molecule has 4 aliphatic carbocycles. The van der Waals surface area contributed by atoms with E-state index in [0.717, 1.165) is 23.1 Å². The van der Waals surface area contributed by atoms with Crippen LogP contribution >= 0.6 is 0 Å². The zero-order valence-electron chi connectivity index (χ0n) is 26.6. The smallest absolute Gasteiger partial charge is 0.193 e. The molecule has 2 aromatic carbocycles. The van der Waals surface area contributed by atoms with Gasteiger partial charge in [-0.05, 0) is 74.3 Å². The average molecular weight is 633 g/mol. The largest absolute Gasteiger partial charge is 0.496 e. The van der Waals surface area contributed by atoms with Gasteiger partial charge in [0.15, 0.2) is 35.0 Å². The Hall–Kier alpha value is -3.37. The van der Waals surface area contributed by atoms with Gasteiger partial charge in [-0.1, -0.05) is 55.3 Å². The van der Waals surface area contributed by atoms with Crippen molar-refractivity contribution in [1.82, 2.24) is 0 Å². The molecule has 3 saturated carbocycles. The number of hydrogen-bond donors (Lipinski definition) is 2. The van der Waals surface area contributed by atoms with Crippen molar-refractivity contribution < 1.29 is 43.1 Å². The molecule has 0 radical (unpaired) electrons. The number of aryl methyl sites for hydroxylation is 1. The Labute approximate surface area is 268 Å². The Morgan fingerprint density at radius 3 is 2.70 bits per heavy atom. The highest BCUT2D eigenvalue weighted by Crippen LogP contribution is 2.70. The number of allylic oxidation sites excluding steroid dienone is 4. The number of methoxy groups -OCH3 is 1. The van der Waals surface area contributed by atoms with Crippen LogP contribution in [0.2, 0.25) is 0 Å². The van der Waals surface area contributed by atoms with Gasteiger partial charge in [0.1, 0.15) is 19.0 Å². The molecule has 5 aliphatic rings. The molecule has 0 aromatic heterocycles. The summed E-state index contributed by atoms with van der Waals surface area (Å²) in [6, 6.07) is 10.8. The number of Topliss-reactive ketones (excluding diaryl/α,β-unsaturated/α-hetero) is 1. The summed E-state index contributed by atoms with van der Waals surface area (Å²) in [7, 11) is 1.42. The van der Waals surface area contributed by atoms with Crippen LogP contribution in [0.25, 0.3) is 0 Å². The average Bonchev–Trinajstić information content (AvgIpc) is 3.52. The molecule has 244 valence electrons. The maximum atomic E-state index is 16.3. The lowest BCUT2D eigenvalue weighted by Gasteiger charge is -2.59. The summed E-state index contributed by atoms with van der Waals surface area (Å²) in [5.41, 5.74) is -0.0581. The maximum absolute atomic E-state index is 16.3. The van der Waals surface area contributed by atoms with Crippen molar-refractivity contribution in [2.45, 2.75) is 77.2 Å². The maximum Gasteiger partial charge on any atom is 0.193 e. The number of benzene rings is 2. The van der Waals surface area contributed by atoms with Gasteiger partial charge in [0.25, 0.3) is 0 Å². The Balaban J connectivity index is 1.23. The monoisotopic (exact) mass is 632 g/mol. The minimum atomic E-state index is -1.62. The summed E-state index contributed by atoms with van der Waals surface area (Å²) in [5.74, 6) is -1.36. The van der Waals surface area contributed by atoms with Crippen molar-refractivity contribution in [3.05, 3.63) is 82.7 Å². The molecular weight excluding hydrogens is 591 g/mol. The van der Waals surface area contributed by atoms with E-state index in [2.05, 4.69) is 6.92 Å². The Bertz CT molecular complexity index is 1650. The lowest BCUT2D eigenvalue weighted by molar-refractivity contribution is -0.201. The van der Waals surface area contributed by atoms with E-state index >= 15 is 4.39 Å². The van der Waals surface area contributed by atoms with Gasteiger partial charge in [-0.15, -0.1) is 0 Å². The van der Waals surface area contributed by atoms with Crippen molar-refractivity contribution in [1.29, 1.82) is 0 Å². The minimum Gasteiger partial charge on any atom is -0.496 e. The standard InChI is InChI=1S/C37H41FO8/c1-20-6-5-7-21(14-20)19-44-28-11-10-27(43-4)31(33(28)38)34-45-30-16-25-24-9-8-22-15-23(40)12-13-35(22,2)32(24)26(41)17-36(25,3)37(30,46-34)29(42)18-39/h5-7,10-15,24-26,30,32,34,39,41H,8-9,16-19H2,1-4H3/t24-,25-,26-,30+,32+,34+,35-,36-,37+/m0/s1. The molecule has 9 heteroatoms. The van der Waals surface area contributed by atoms with Crippen LogP contribution in [0, 0.1) is 41.3 Å². The second kappa shape index (κ2) is 11.1. The van der Waals surface area contributed by atoms with Gasteiger partial charge >= 0.3 is 0 Å². The van der Waals surface area contributed by atoms with Crippen LogP contribution in [0.1, 0.15) is 62.5 Å². The summed E-state index contributed by atoms with van der Waals surface area (Å²) >= 11 is 0. The molecule has 9 atom stereocenters. The number of aliphatic hydroxyl groups is 2. The lowest BCUT2D eigenvalue weighted by Crippen LogP contribution is -2.63. The zero-order chi connectivity index (χ0) is 32.6. The molecule has 0 spiro atoms. The van der Waals surface area contributed by atoms with E-state index in [-0.39, 0.29) is 53.6 Å². The van der Waals surface area contributed by atoms with Gasteiger partial charge in [-0.3, -0.25) is 9.59 Å². The molecule has 0 bridgehead atoms. The van der Waals surface area contributed by atoms with Crippen LogP contribution in [0.15, 0.2) is 60.2 Å². The molecule has 1 aliphatic heterocycles. The fourth-order valence-electron chi connectivity index (χ4n) is 9.84. The first kappa shape index (κ1) is 31.2. The molecule has 1 saturated heterocycles. The number of hydrogen-bond acceptors (Lipinski definition) is 8. The van der Waals surface area contributed by atoms with Gasteiger partial charge in [0.05, 0.1) is 24.9 Å². The van der Waals surface area contributed by atoms with E-state index in [1.54, 1.807) is 18.2 Å². The third kappa shape index (κ3) is 4.39. The number of carbonyl (C=O) groups excluding carboxylic acids is 2. The number of aliphatic hydroxyl groups excluding tert-OH is 2. The molecule has 2 N–H and O–H groups in total. The van der Waals surface area contributed by atoms with Crippen molar-refractivity contribution in [3.8, 4) is 11.5 Å². The zero-order valence-corrected chi connectivity index (χ0v) is 26.6. The highest BCUT2D eigenvalue weighted by molar-refractivity contribution is 6.01. The third-order valence-electron chi connectivity index (χ3n) is 11.8. The number of ether oxygens (including phenoxy) is 4. The van der Waals surface area contributed by atoms with Gasteiger partial charge in [0, 0.05) is 16.7 Å². The molecular formula is C37H41FO8. The minimum absolute atomic E-state index is 0.0116. The van der Waals surface area contributed by atoms with Crippen molar-refractivity contribution in [2.24, 2.45) is 28.6 Å². The molecule has 1 heterocycles. The van der Waals surface area contributed by atoms with Crippen LogP contribution in [-0.2, 0) is 25.7 Å². The highest BCUT2D eigenvalue weighted by Gasteiger charge is 2.76. The number of halogens is 1. The fraction of sp³-hybridized carbons (Fsp3) is 0.514.